The first-order valence-electron chi connectivity index (χ1n) is 10.7. The number of aryl methyl sites for hydroxylation is 1. The Bertz CT molecular complexity index is 1080. The standard InChI is InChI=1S/C26H27NO4/c1-18-15-24(19(2)27(18)16-21-11-8-14-30-21)25(28)17-31-26(29)23-13-7-6-12-22(23)20-9-4-3-5-10-20/h3-7,9-10,12-13,15,21H,8,11,14,16-17H2,1-2H3/t21-/m1/s1. The van der Waals surface area contributed by atoms with Crippen LogP contribution in [0, 0.1) is 13.8 Å². The van der Waals surface area contributed by atoms with Crippen molar-refractivity contribution in [1.29, 1.82) is 0 Å². The van der Waals surface area contributed by atoms with Crippen molar-refractivity contribution in [2.75, 3.05) is 13.2 Å². The number of rotatable bonds is 7. The number of hydrogen-bond donors (Lipinski definition) is 0. The van der Waals surface area contributed by atoms with E-state index in [-0.39, 0.29) is 18.5 Å². The lowest BCUT2D eigenvalue weighted by Gasteiger charge is -2.15. The number of esters is 1. The fraction of sp³-hybridized carbons (Fsp3) is 0.308. The summed E-state index contributed by atoms with van der Waals surface area (Å²) < 4.78 is 13.3. The van der Waals surface area contributed by atoms with E-state index in [1.54, 1.807) is 12.1 Å². The molecule has 160 valence electrons. The Labute approximate surface area is 182 Å². The monoisotopic (exact) mass is 417 g/mol. The lowest BCUT2D eigenvalue weighted by atomic mass is 10.00. The maximum atomic E-state index is 12.8. The summed E-state index contributed by atoms with van der Waals surface area (Å²) >= 11 is 0. The molecule has 1 aliphatic rings. The van der Waals surface area contributed by atoms with Gasteiger partial charge in [-0.15, -0.1) is 0 Å². The number of ether oxygens (including phenoxy) is 2. The van der Waals surface area contributed by atoms with Crippen LogP contribution in [0.5, 0.6) is 0 Å². The summed E-state index contributed by atoms with van der Waals surface area (Å²) in [4.78, 5) is 25.6. The Morgan fingerprint density at radius 1 is 1.03 bits per heavy atom. The molecule has 31 heavy (non-hydrogen) atoms. The van der Waals surface area contributed by atoms with E-state index >= 15 is 0 Å². The number of carbonyl (C=O) groups is 2. The molecule has 0 spiro atoms. The van der Waals surface area contributed by atoms with Gasteiger partial charge in [-0.2, -0.15) is 0 Å². The molecule has 1 saturated heterocycles. The molecule has 0 bridgehead atoms. The molecule has 0 radical (unpaired) electrons. The summed E-state index contributed by atoms with van der Waals surface area (Å²) in [6.07, 6.45) is 2.31. The highest BCUT2D eigenvalue weighted by atomic mass is 16.5. The second kappa shape index (κ2) is 9.31. The van der Waals surface area contributed by atoms with Crippen LogP contribution in [0.4, 0.5) is 0 Å². The van der Waals surface area contributed by atoms with E-state index < -0.39 is 5.97 Å². The quantitative estimate of drug-likeness (QED) is 0.401. The lowest BCUT2D eigenvalue weighted by molar-refractivity contribution is 0.0475. The van der Waals surface area contributed by atoms with E-state index in [9.17, 15) is 9.59 Å². The van der Waals surface area contributed by atoms with Crippen molar-refractivity contribution < 1.29 is 19.1 Å². The van der Waals surface area contributed by atoms with Crippen molar-refractivity contribution in [3.63, 3.8) is 0 Å². The van der Waals surface area contributed by atoms with Gasteiger partial charge in [-0.05, 0) is 49.9 Å². The molecule has 3 aromatic rings. The minimum Gasteiger partial charge on any atom is -0.454 e. The highest BCUT2D eigenvalue weighted by molar-refractivity contribution is 6.02. The minimum absolute atomic E-state index is 0.195. The van der Waals surface area contributed by atoms with Crippen LogP contribution >= 0.6 is 0 Å². The molecule has 0 amide bonds. The summed E-state index contributed by atoms with van der Waals surface area (Å²) in [5.74, 6) is -0.696. The van der Waals surface area contributed by atoms with Gasteiger partial charge in [-0.3, -0.25) is 4.79 Å². The average molecular weight is 418 g/mol. The maximum absolute atomic E-state index is 12.8. The van der Waals surface area contributed by atoms with Crippen molar-refractivity contribution in [2.24, 2.45) is 0 Å². The zero-order valence-corrected chi connectivity index (χ0v) is 18.0. The fourth-order valence-electron chi connectivity index (χ4n) is 4.17. The summed E-state index contributed by atoms with van der Waals surface area (Å²) in [5, 5.41) is 0. The van der Waals surface area contributed by atoms with E-state index in [0.29, 0.717) is 11.1 Å². The smallest absolute Gasteiger partial charge is 0.339 e. The first-order valence-corrected chi connectivity index (χ1v) is 10.7. The Kier molecular flexibility index (Phi) is 6.33. The summed E-state index contributed by atoms with van der Waals surface area (Å²) in [7, 11) is 0. The van der Waals surface area contributed by atoms with E-state index in [0.717, 1.165) is 48.5 Å². The number of ketones is 1. The Morgan fingerprint density at radius 2 is 1.77 bits per heavy atom. The van der Waals surface area contributed by atoms with Gasteiger partial charge in [0.25, 0.3) is 0 Å². The van der Waals surface area contributed by atoms with Gasteiger partial charge in [0.05, 0.1) is 11.7 Å². The van der Waals surface area contributed by atoms with Gasteiger partial charge in [-0.1, -0.05) is 48.5 Å². The van der Waals surface area contributed by atoms with Crippen LogP contribution in [0.25, 0.3) is 11.1 Å². The molecule has 1 fully saturated rings. The van der Waals surface area contributed by atoms with Crippen LogP contribution in [0.2, 0.25) is 0 Å². The molecule has 5 nitrogen and oxygen atoms in total. The second-order valence-electron chi connectivity index (χ2n) is 7.94. The first-order chi connectivity index (χ1) is 15.0. The SMILES string of the molecule is Cc1cc(C(=O)COC(=O)c2ccccc2-c2ccccc2)c(C)n1C[C@H]1CCCO1. The van der Waals surface area contributed by atoms with Crippen molar-refractivity contribution in [3.8, 4) is 11.1 Å². The number of hydrogen-bond acceptors (Lipinski definition) is 4. The molecular formula is C26H27NO4. The second-order valence-corrected chi connectivity index (χ2v) is 7.94. The zero-order valence-electron chi connectivity index (χ0n) is 18.0. The Hall–Kier alpha value is -3.18. The van der Waals surface area contributed by atoms with E-state index in [1.807, 2.05) is 62.4 Å². The number of benzene rings is 2. The molecule has 0 N–H and O–H groups in total. The van der Waals surface area contributed by atoms with Gasteiger partial charge in [0.1, 0.15) is 0 Å². The van der Waals surface area contributed by atoms with Crippen molar-refractivity contribution >= 4 is 11.8 Å². The molecule has 0 saturated carbocycles. The topological polar surface area (TPSA) is 57.5 Å². The highest BCUT2D eigenvalue weighted by Gasteiger charge is 2.22. The Balaban J connectivity index is 1.46. The molecule has 1 aliphatic heterocycles. The third-order valence-corrected chi connectivity index (χ3v) is 5.85. The van der Waals surface area contributed by atoms with Crippen molar-refractivity contribution in [1.82, 2.24) is 4.57 Å². The van der Waals surface area contributed by atoms with Gasteiger partial charge in [0.15, 0.2) is 6.61 Å². The van der Waals surface area contributed by atoms with Crippen LogP contribution in [0.15, 0.2) is 60.7 Å². The van der Waals surface area contributed by atoms with Crippen LogP contribution in [-0.4, -0.2) is 35.6 Å². The number of aromatic nitrogens is 1. The predicted octanol–water partition coefficient (Wildman–Crippen LogP) is 4.99. The minimum atomic E-state index is -0.499. The van der Waals surface area contributed by atoms with Gasteiger partial charge >= 0.3 is 5.97 Å². The fourth-order valence-corrected chi connectivity index (χ4v) is 4.17. The van der Waals surface area contributed by atoms with Crippen LogP contribution in [0.3, 0.4) is 0 Å². The molecule has 1 aromatic heterocycles. The summed E-state index contributed by atoms with van der Waals surface area (Å²) in [6, 6.07) is 18.8. The molecule has 2 heterocycles. The van der Waals surface area contributed by atoms with Gasteiger partial charge in [0, 0.05) is 30.1 Å². The van der Waals surface area contributed by atoms with E-state index in [2.05, 4.69) is 4.57 Å². The zero-order chi connectivity index (χ0) is 21.8. The van der Waals surface area contributed by atoms with Crippen LogP contribution < -0.4 is 0 Å². The van der Waals surface area contributed by atoms with Crippen molar-refractivity contribution in [2.45, 2.75) is 39.3 Å². The summed E-state index contributed by atoms with van der Waals surface area (Å²) in [6.45, 7) is 5.18. The molecule has 1 atom stereocenters. The predicted molar refractivity (Wildman–Crippen MR) is 119 cm³/mol. The normalized spacial score (nSPS) is 15.7. The molecular weight excluding hydrogens is 390 g/mol. The van der Waals surface area contributed by atoms with E-state index in [1.165, 1.54) is 0 Å². The average Bonchev–Trinajstić information content (AvgIpc) is 3.41. The third kappa shape index (κ3) is 4.62. The van der Waals surface area contributed by atoms with Gasteiger partial charge in [0.2, 0.25) is 5.78 Å². The van der Waals surface area contributed by atoms with Crippen molar-refractivity contribution in [3.05, 3.63) is 83.2 Å². The summed E-state index contributed by atoms with van der Waals surface area (Å²) in [5.41, 5.74) is 4.66. The number of Topliss-reactive ketones (excluding diaryl/α,β-unsaturated/α-hetero) is 1. The third-order valence-electron chi connectivity index (χ3n) is 5.85. The molecule has 0 unspecified atom stereocenters. The van der Waals surface area contributed by atoms with Crippen LogP contribution in [0.1, 0.15) is 44.9 Å². The largest absolute Gasteiger partial charge is 0.454 e. The first kappa shape index (κ1) is 21.1. The van der Waals surface area contributed by atoms with Crippen LogP contribution in [-0.2, 0) is 16.0 Å². The molecule has 5 heteroatoms. The van der Waals surface area contributed by atoms with E-state index in [4.69, 9.17) is 9.47 Å². The van der Waals surface area contributed by atoms with Gasteiger partial charge in [-0.25, -0.2) is 4.79 Å². The number of nitrogens with zero attached hydrogens (tertiary/aromatic N) is 1. The Morgan fingerprint density at radius 3 is 2.52 bits per heavy atom. The molecule has 0 aliphatic carbocycles. The number of carbonyl (C=O) groups excluding carboxylic acids is 2. The van der Waals surface area contributed by atoms with Gasteiger partial charge < -0.3 is 14.0 Å². The maximum Gasteiger partial charge on any atom is 0.339 e. The molecule has 2 aromatic carbocycles. The highest BCUT2D eigenvalue weighted by Crippen LogP contribution is 2.25. The lowest BCUT2D eigenvalue weighted by Crippen LogP contribution is -2.18. The molecule has 4 rings (SSSR count).